The van der Waals surface area contributed by atoms with Crippen LogP contribution in [0, 0.1) is 0 Å². The molecule has 0 aromatic heterocycles. The lowest BCUT2D eigenvalue weighted by atomic mass is 9.96. The highest BCUT2D eigenvalue weighted by Gasteiger charge is 1.99. The van der Waals surface area contributed by atoms with E-state index >= 15 is 0 Å². The van der Waals surface area contributed by atoms with Crippen LogP contribution < -0.4 is 10.8 Å². The van der Waals surface area contributed by atoms with Gasteiger partial charge in [0.05, 0.1) is 6.61 Å². The Hall–Kier alpha value is -1.45. The minimum Gasteiger partial charge on any atom is -0.465 e. The molecule has 4 heteroatoms. The van der Waals surface area contributed by atoms with Crippen molar-refractivity contribution in [2.75, 3.05) is 18.5 Å². The maximum atomic E-state index is 11.0. The van der Waals surface area contributed by atoms with Gasteiger partial charge in [-0.1, -0.05) is 17.6 Å². The molecule has 0 spiro atoms. The number of hydrogen-bond acceptors (Lipinski definition) is 3. The summed E-state index contributed by atoms with van der Waals surface area (Å²) in [5, 5.41) is 2.93. The Morgan fingerprint density at radius 3 is 2.64 bits per heavy atom. The van der Waals surface area contributed by atoms with E-state index in [4.69, 9.17) is 12.6 Å². The summed E-state index contributed by atoms with van der Waals surface area (Å²) in [6.07, 6.45) is 0. The van der Waals surface area contributed by atoms with Gasteiger partial charge in [0.15, 0.2) is 0 Å². The highest BCUT2D eigenvalue weighted by Crippen LogP contribution is 2.02. The molecule has 0 bridgehead atoms. The van der Waals surface area contributed by atoms with Gasteiger partial charge in [0.1, 0.15) is 14.4 Å². The van der Waals surface area contributed by atoms with Crippen LogP contribution in [0.3, 0.4) is 0 Å². The van der Waals surface area contributed by atoms with Gasteiger partial charge < -0.3 is 10.1 Å². The normalized spacial score (nSPS) is 9.50. The van der Waals surface area contributed by atoms with E-state index in [1.165, 1.54) is 0 Å². The Labute approximate surface area is 84.9 Å². The van der Waals surface area contributed by atoms with E-state index in [1.807, 2.05) is 12.1 Å². The number of carbonyl (C=O) groups is 1. The summed E-state index contributed by atoms with van der Waals surface area (Å²) in [6.45, 7) is 2.36. The van der Waals surface area contributed by atoms with E-state index in [-0.39, 0.29) is 12.5 Å². The molecule has 0 atom stereocenters. The summed E-state index contributed by atoms with van der Waals surface area (Å²) in [4.78, 5) is 11.0. The number of carbonyl (C=O) groups excluding carboxylic acids is 1. The van der Waals surface area contributed by atoms with Crippen LogP contribution in [0.1, 0.15) is 6.92 Å². The van der Waals surface area contributed by atoms with Crippen molar-refractivity contribution in [1.29, 1.82) is 0 Å². The Balaban J connectivity index is 2.38. The molecule has 2 radical (unpaired) electrons. The van der Waals surface area contributed by atoms with Gasteiger partial charge in [-0.05, 0) is 19.1 Å². The molecule has 72 valence electrons. The smallest absolute Gasteiger partial charge is 0.325 e. The first kappa shape index (κ1) is 10.6. The average molecular weight is 189 g/mol. The summed E-state index contributed by atoms with van der Waals surface area (Å²) in [5.74, 6) is -0.260. The van der Waals surface area contributed by atoms with E-state index in [2.05, 4.69) is 5.32 Å². The molecule has 14 heavy (non-hydrogen) atoms. The maximum absolute atomic E-state index is 11.0. The molecule has 1 aromatic rings. The lowest BCUT2D eigenvalue weighted by Gasteiger charge is -2.05. The summed E-state index contributed by atoms with van der Waals surface area (Å²) in [7, 11) is 5.51. The van der Waals surface area contributed by atoms with E-state index in [0.29, 0.717) is 12.1 Å². The second kappa shape index (κ2) is 5.32. The van der Waals surface area contributed by atoms with Crippen molar-refractivity contribution in [1.82, 2.24) is 0 Å². The molecular weight excluding hydrogens is 177 g/mol. The molecule has 0 unspecified atom stereocenters. The van der Waals surface area contributed by atoms with E-state index in [9.17, 15) is 4.79 Å². The van der Waals surface area contributed by atoms with E-state index < -0.39 is 0 Å². The van der Waals surface area contributed by atoms with Crippen molar-refractivity contribution < 1.29 is 9.53 Å². The van der Waals surface area contributed by atoms with Crippen molar-refractivity contribution in [3.8, 4) is 0 Å². The van der Waals surface area contributed by atoms with Gasteiger partial charge in [-0.25, -0.2) is 0 Å². The molecular formula is C10H12BNO2. The zero-order valence-corrected chi connectivity index (χ0v) is 8.12. The first-order valence-electron chi connectivity index (χ1n) is 4.47. The number of ether oxygens (including phenoxy) is 1. The van der Waals surface area contributed by atoms with Crippen LogP contribution in [0.25, 0.3) is 0 Å². The first-order valence-corrected chi connectivity index (χ1v) is 4.47. The summed E-state index contributed by atoms with van der Waals surface area (Å²) in [5.41, 5.74) is 1.55. The van der Waals surface area contributed by atoms with E-state index in [0.717, 1.165) is 5.69 Å². The van der Waals surface area contributed by atoms with Crippen molar-refractivity contribution in [2.45, 2.75) is 6.92 Å². The standard InChI is InChI=1S/C10H12BNO2/c1-2-14-10(13)7-12-9-5-3-8(11)4-6-9/h3-6,12H,2,7H2,1H3. The second-order valence-electron chi connectivity index (χ2n) is 2.78. The molecule has 0 saturated heterocycles. The topological polar surface area (TPSA) is 38.3 Å². The number of esters is 1. The van der Waals surface area contributed by atoms with Crippen LogP contribution in [-0.4, -0.2) is 27.0 Å². The molecule has 0 aliphatic rings. The highest BCUT2D eigenvalue weighted by molar-refractivity contribution is 6.32. The van der Waals surface area contributed by atoms with Gasteiger partial charge in [-0.3, -0.25) is 4.79 Å². The second-order valence-corrected chi connectivity index (χ2v) is 2.78. The third kappa shape index (κ3) is 3.52. The molecule has 0 fully saturated rings. The van der Waals surface area contributed by atoms with Gasteiger partial charge in [0.25, 0.3) is 0 Å². The van der Waals surface area contributed by atoms with Gasteiger partial charge in [0, 0.05) is 5.69 Å². The lowest BCUT2D eigenvalue weighted by Crippen LogP contribution is -2.16. The van der Waals surface area contributed by atoms with Gasteiger partial charge in [-0.15, -0.1) is 0 Å². The third-order valence-corrected chi connectivity index (χ3v) is 1.65. The molecule has 1 rings (SSSR count). The fourth-order valence-corrected chi connectivity index (χ4v) is 0.987. The molecule has 3 nitrogen and oxygen atoms in total. The largest absolute Gasteiger partial charge is 0.465 e. The van der Waals surface area contributed by atoms with Crippen LogP contribution in [-0.2, 0) is 9.53 Å². The van der Waals surface area contributed by atoms with Crippen molar-refractivity contribution in [3.63, 3.8) is 0 Å². The van der Waals surface area contributed by atoms with Crippen LogP contribution in [0.4, 0.5) is 5.69 Å². The number of rotatable bonds is 4. The van der Waals surface area contributed by atoms with Crippen LogP contribution in [0.15, 0.2) is 24.3 Å². The first-order chi connectivity index (χ1) is 6.72. The van der Waals surface area contributed by atoms with Crippen LogP contribution >= 0.6 is 0 Å². The lowest BCUT2D eigenvalue weighted by molar-refractivity contribution is -0.140. The molecule has 0 aliphatic heterocycles. The van der Waals surface area contributed by atoms with E-state index in [1.54, 1.807) is 19.1 Å². The minimum atomic E-state index is -0.260. The molecule has 0 aliphatic carbocycles. The Kier molecular flexibility index (Phi) is 4.04. The van der Waals surface area contributed by atoms with Crippen molar-refractivity contribution >= 4 is 25.0 Å². The number of anilines is 1. The van der Waals surface area contributed by atoms with Crippen LogP contribution in [0.2, 0.25) is 0 Å². The van der Waals surface area contributed by atoms with Gasteiger partial charge in [0.2, 0.25) is 0 Å². The fourth-order valence-electron chi connectivity index (χ4n) is 0.987. The number of nitrogens with one attached hydrogen (secondary N) is 1. The Morgan fingerprint density at radius 1 is 1.43 bits per heavy atom. The predicted molar refractivity (Wildman–Crippen MR) is 57.0 cm³/mol. The van der Waals surface area contributed by atoms with Gasteiger partial charge >= 0.3 is 5.97 Å². The van der Waals surface area contributed by atoms with Gasteiger partial charge in [-0.2, -0.15) is 0 Å². The molecule has 0 amide bonds. The van der Waals surface area contributed by atoms with Crippen LogP contribution in [0.5, 0.6) is 0 Å². The molecule has 1 aromatic carbocycles. The SMILES string of the molecule is [B]c1ccc(NCC(=O)OCC)cc1. The minimum absolute atomic E-state index is 0.178. The number of benzene rings is 1. The third-order valence-electron chi connectivity index (χ3n) is 1.65. The van der Waals surface area contributed by atoms with Crippen molar-refractivity contribution in [2.24, 2.45) is 0 Å². The Morgan fingerprint density at radius 2 is 2.07 bits per heavy atom. The summed E-state index contributed by atoms with van der Waals surface area (Å²) in [6, 6.07) is 7.17. The average Bonchev–Trinajstić information content (AvgIpc) is 2.17. The quantitative estimate of drug-likeness (QED) is 0.552. The molecule has 0 saturated carbocycles. The zero-order valence-electron chi connectivity index (χ0n) is 8.12. The summed E-state index contributed by atoms with van der Waals surface area (Å²) < 4.78 is 4.76. The fraction of sp³-hybridized carbons (Fsp3) is 0.300. The highest BCUT2D eigenvalue weighted by atomic mass is 16.5. The molecule has 0 heterocycles. The maximum Gasteiger partial charge on any atom is 0.325 e. The number of hydrogen-bond donors (Lipinski definition) is 1. The Bertz CT molecular complexity index is 297. The monoisotopic (exact) mass is 189 g/mol. The zero-order chi connectivity index (χ0) is 10.4. The molecule has 1 N–H and O–H groups in total. The predicted octanol–water partition coefficient (Wildman–Crippen LogP) is 0.455. The van der Waals surface area contributed by atoms with Crippen molar-refractivity contribution in [3.05, 3.63) is 24.3 Å². The summed E-state index contributed by atoms with van der Waals surface area (Å²) >= 11 is 0.